The first-order valence-electron chi connectivity index (χ1n) is 4.28. The molecule has 0 heterocycles. The van der Waals surface area contributed by atoms with E-state index in [-0.39, 0.29) is 13.2 Å². The van der Waals surface area contributed by atoms with Crippen LogP contribution in [0, 0.1) is 11.3 Å². The summed E-state index contributed by atoms with van der Waals surface area (Å²) in [7, 11) is 0. The Hall–Kier alpha value is -1.28. The minimum Gasteiger partial charge on any atom is -0.489 e. The monoisotopic (exact) mass is 227 g/mol. The quantitative estimate of drug-likeness (QED) is 0.803. The van der Waals surface area contributed by atoms with Crippen LogP contribution in [0.1, 0.15) is 5.56 Å². The van der Waals surface area contributed by atoms with Crippen LogP contribution < -0.4 is 4.74 Å². The van der Waals surface area contributed by atoms with Crippen LogP contribution in [0.4, 0.5) is 0 Å². The summed E-state index contributed by atoms with van der Waals surface area (Å²) in [6.07, 6.45) is -0.962. The van der Waals surface area contributed by atoms with Gasteiger partial charge in [0.2, 0.25) is 0 Å². The van der Waals surface area contributed by atoms with Gasteiger partial charge in [0, 0.05) is 11.1 Å². The normalized spacial score (nSPS) is 11.9. The molecule has 1 rings (SSSR count). The molecule has 15 heavy (non-hydrogen) atoms. The summed E-state index contributed by atoms with van der Waals surface area (Å²) in [6.45, 7) is -0.464. The Balaban J connectivity index is 2.75. The summed E-state index contributed by atoms with van der Waals surface area (Å²) in [5, 5.41) is 26.8. The molecule has 0 saturated heterocycles. The topological polar surface area (TPSA) is 73.5 Å². The Kier molecular flexibility index (Phi) is 4.37. The van der Waals surface area contributed by atoms with Crippen LogP contribution >= 0.6 is 11.6 Å². The van der Waals surface area contributed by atoms with E-state index in [1.165, 1.54) is 12.1 Å². The van der Waals surface area contributed by atoms with Crippen LogP contribution in [0.3, 0.4) is 0 Å². The first kappa shape index (κ1) is 11.8. The third-order valence-electron chi connectivity index (χ3n) is 1.71. The number of rotatable bonds is 4. The highest BCUT2D eigenvalue weighted by Gasteiger charge is 2.07. The second kappa shape index (κ2) is 5.56. The van der Waals surface area contributed by atoms with E-state index in [0.717, 1.165) is 0 Å². The number of benzene rings is 1. The minimum atomic E-state index is -0.962. The van der Waals surface area contributed by atoms with E-state index >= 15 is 0 Å². The Morgan fingerprint density at radius 3 is 2.87 bits per heavy atom. The number of aliphatic hydroxyl groups is 2. The first-order valence-corrected chi connectivity index (χ1v) is 4.66. The molecule has 0 unspecified atom stereocenters. The highest BCUT2D eigenvalue weighted by molar-refractivity contribution is 6.30. The van der Waals surface area contributed by atoms with Crippen molar-refractivity contribution in [3.63, 3.8) is 0 Å². The Bertz CT molecular complexity index is 375. The molecule has 1 aromatic carbocycles. The maximum absolute atomic E-state index is 9.06. The average molecular weight is 228 g/mol. The fraction of sp³-hybridized carbons (Fsp3) is 0.300. The van der Waals surface area contributed by atoms with Crippen LogP contribution in [0.25, 0.3) is 0 Å². The number of hydrogen-bond donors (Lipinski definition) is 2. The van der Waals surface area contributed by atoms with Gasteiger partial charge >= 0.3 is 0 Å². The standard InChI is InChI=1S/C10H10ClNO3/c11-8-2-1-7(4-12)10(3-8)15-6-9(14)5-13/h1-3,9,13-14H,5-6H2/t9-/m1/s1. The van der Waals surface area contributed by atoms with Crippen molar-refractivity contribution in [1.82, 2.24) is 0 Å². The summed E-state index contributed by atoms with van der Waals surface area (Å²) in [4.78, 5) is 0. The number of ether oxygens (including phenoxy) is 1. The molecule has 0 spiro atoms. The van der Waals surface area contributed by atoms with Gasteiger partial charge in [-0.15, -0.1) is 0 Å². The summed E-state index contributed by atoms with van der Waals surface area (Å²) < 4.78 is 5.14. The molecule has 0 aliphatic carbocycles. The van der Waals surface area contributed by atoms with Gasteiger partial charge in [-0.2, -0.15) is 5.26 Å². The number of nitrogens with zero attached hydrogens (tertiary/aromatic N) is 1. The van der Waals surface area contributed by atoms with Crippen LogP contribution in [0.2, 0.25) is 5.02 Å². The highest BCUT2D eigenvalue weighted by atomic mass is 35.5. The highest BCUT2D eigenvalue weighted by Crippen LogP contribution is 2.22. The lowest BCUT2D eigenvalue weighted by Crippen LogP contribution is -2.21. The van der Waals surface area contributed by atoms with Gasteiger partial charge in [-0.25, -0.2) is 0 Å². The largest absolute Gasteiger partial charge is 0.489 e. The first-order chi connectivity index (χ1) is 7.17. The molecule has 2 N–H and O–H groups in total. The zero-order chi connectivity index (χ0) is 11.3. The smallest absolute Gasteiger partial charge is 0.138 e. The van der Waals surface area contributed by atoms with Crippen molar-refractivity contribution in [3.8, 4) is 11.8 Å². The van der Waals surface area contributed by atoms with E-state index in [1.807, 2.05) is 6.07 Å². The van der Waals surface area contributed by atoms with Crippen molar-refractivity contribution in [1.29, 1.82) is 5.26 Å². The summed E-state index contributed by atoms with van der Waals surface area (Å²) in [6, 6.07) is 6.54. The number of halogens is 1. The third kappa shape index (κ3) is 3.40. The maximum atomic E-state index is 9.06. The van der Waals surface area contributed by atoms with Gasteiger partial charge in [-0.3, -0.25) is 0 Å². The zero-order valence-corrected chi connectivity index (χ0v) is 8.61. The van der Waals surface area contributed by atoms with Crippen molar-refractivity contribution >= 4 is 11.6 Å². The minimum absolute atomic E-state index is 0.0779. The summed E-state index contributed by atoms with van der Waals surface area (Å²) in [5.41, 5.74) is 0.338. The molecule has 1 aromatic rings. The van der Waals surface area contributed by atoms with E-state index < -0.39 is 6.10 Å². The molecule has 0 aliphatic heterocycles. The number of aliphatic hydroxyl groups excluding tert-OH is 2. The molecule has 80 valence electrons. The number of hydrogen-bond acceptors (Lipinski definition) is 4. The SMILES string of the molecule is N#Cc1ccc(Cl)cc1OC[C@H](O)CO. The van der Waals surface area contributed by atoms with E-state index in [2.05, 4.69) is 0 Å². The molecule has 5 heteroatoms. The fourth-order valence-electron chi connectivity index (χ4n) is 0.947. The Morgan fingerprint density at radius 2 is 2.27 bits per heavy atom. The molecule has 0 amide bonds. The molecular weight excluding hydrogens is 218 g/mol. The molecule has 1 atom stereocenters. The predicted octanol–water partition coefficient (Wildman–Crippen LogP) is 0.944. The van der Waals surface area contributed by atoms with Crippen molar-refractivity contribution in [2.45, 2.75) is 6.10 Å². The van der Waals surface area contributed by atoms with E-state index in [9.17, 15) is 0 Å². The number of nitriles is 1. The third-order valence-corrected chi connectivity index (χ3v) is 1.94. The van der Waals surface area contributed by atoms with Crippen molar-refractivity contribution in [2.75, 3.05) is 13.2 Å². The fourth-order valence-corrected chi connectivity index (χ4v) is 1.11. The predicted molar refractivity (Wildman–Crippen MR) is 54.8 cm³/mol. The van der Waals surface area contributed by atoms with Gasteiger partial charge in [-0.1, -0.05) is 11.6 Å². The van der Waals surface area contributed by atoms with Gasteiger partial charge < -0.3 is 14.9 Å². The Labute approximate surface area is 92.3 Å². The molecule has 0 aliphatic rings. The van der Waals surface area contributed by atoms with Crippen LogP contribution in [0.15, 0.2) is 18.2 Å². The van der Waals surface area contributed by atoms with Crippen LogP contribution in [0.5, 0.6) is 5.75 Å². The molecule has 4 nitrogen and oxygen atoms in total. The van der Waals surface area contributed by atoms with E-state index in [4.69, 9.17) is 31.8 Å². The van der Waals surface area contributed by atoms with E-state index in [0.29, 0.717) is 16.3 Å². The van der Waals surface area contributed by atoms with Crippen LogP contribution in [-0.2, 0) is 0 Å². The maximum Gasteiger partial charge on any atom is 0.138 e. The van der Waals surface area contributed by atoms with Gasteiger partial charge in [0.1, 0.15) is 24.5 Å². The van der Waals surface area contributed by atoms with Gasteiger partial charge in [-0.05, 0) is 12.1 Å². The average Bonchev–Trinajstić information content (AvgIpc) is 2.26. The molecule has 0 bridgehead atoms. The lowest BCUT2D eigenvalue weighted by Gasteiger charge is -2.10. The summed E-state index contributed by atoms with van der Waals surface area (Å²) in [5.74, 6) is 0.303. The Morgan fingerprint density at radius 1 is 1.53 bits per heavy atom. The lowest BCUT2D eigenvalue weighted by atomic mass is 10.2. The van der Waals surface area contributed by atoms with Crippen molar-refractivity contribution < 1.29 is 14.9 Å². The molecule has 0 saturated carbocycles. The lowest BCUT2D eigenvalue weighted by molar-refractivity contribution is 0.0535. The second-order valence-electron chi connectivity index (χ2n) is 2.90. The zero-order valence-electron chi connectivity index (χ0n) is 7.85. The van der Waals surface area contributed by atoms with Gasteiger partial charge in [0.05, 0.1) is 12.2 Å². The second-order valence-corrected chi connectivity index (χ2v) is 3.34. The van der Waals surface area contributed by atoms with Gasteiger partial charge in [0.15, 0.2) is 0 Å². The van der Waals surface area contributed by atoms with Crippen molar-refractivity contribution in [2.24, 2.45) is 0 Å². The molecule has 0 aromatic heterocycles. The molecule has 0 radical (unpaired) electrons. The van der Waals surface area contributed by atoms with Gasteiger partial charge in [0.25, 0.3) is 0 Å². The van der Waals surface area contributed by atoms with E-state index in [1.54, 1.807) is 6.07 Å². The van der Waals surface area contributed by atoms with Crippen molar-refractivity contribution in [3.05, 3.63) is 28.8 Å². The summed E-state index contributed by atoms with van der Waals surface area (Å²) >= 11 is 5.72. The molecular formula is C10H10ClNO3. The molecule has 0 fully saturated rings. The van der Waals surface area contributed by atoms with Crippen LogP contribution in [-0.4, -0.2) is 29.5 Å².